The zero-order valence-electron chi connectivity index (χ0n) is 23.0. The van der Waals surface area contributed by atoms with Crippen molar-refractivity contribution in [1.29, 1.82) is 0 Å². The van der Waals surface area contributed by atoms with Gasteiger partial charge in [-0.05, 0) is 49.7 Å². The second kappa shape index (κ2) is 11.0. The summed E-state index contributed by atoms with van der Waals surface area (Å²) in [5.41, 5.74) is -1.93. The molecule has 42 heavy (non-hydrogen) atoms. The molecule has 230 valence electrons. The van der Waals surface area contributed by atoms with E-state index in [0.717, 1.165) is 24.8 Å². The Balaban J connectivity index is 1.55. The summed E-state index contributed by atoms with van der Waals surface area (Å²) < 4.78 is 35.8. The molecule has 1 amide bonds. The van der Waals surface area contributed by atoms with Crippen molar-refractivity contribution < 1.29 is 52.9 Å². The first-order valence-electron chi connectivity index (χ1n) is 13.5. The van der Waals surface area contributed by atoms with Crippen LogP contribution in [0.25, 0.3) is 10.9 Å². The van der Waals surface area contributed by atoms with Crippen LogP contribution in [0.3, 0.4) is 0 Å². The minimum atomic E-state index is -5.48. The van der Waals surface area contributed by atoms with Gasteiger partial charge < -0.3 is 48.5 Å². The maximum atomic E-state index is 13.3. The van der Waals surface area contributed by atoms with Gasteiger partial charge in [0.25, 0.3) is 0 Å². The van der Waals surface area contributed by atoms with Crippen molar-refractivity contribution in [3.8, 4) is 5.75 Å². The number of hydrogen-bond donors (Lipinski definition) is 5. The highest BCUT2D eigenvalue weighted by atomic mass is 31.2. The summed E-state index contributed by atoms with van der Waals surface area (Å²) in [6.07, 6.45) is 3.51. The lowest BCUT2D eigenvalue weighted by Crippen LogP contribution is -2.49. The van der Waals surface area contributed by atoms with E-state index in [9.17, 15) is 48.2 Å². The van der Waals surface area contributed by atoms with Crippen molar-refractivity contribution in [3.63, 3.8) is 0 Å². The molecule has 15 nitrogen and oxygen atoms in total. The number of rotatable bonds is 8. The van der Waals surface area contributed by atoms with Gasteiger partial charge in [-0.1, -0.05) is 6.92 Å². The van der Waals surface area contributed by atoms with E-state index in [4.69, 9.17) is 9.47 Å². The number of amides is 1. The van der Waals surface area contributed by atoms with Crippen LogP contribution < -0.4 is 15.1 Å². The lowest BCUT2D eigenvalue weighted by molar-refractivity contribution is 0.0608. The molecule has 0 spiro atoms. The van der Waals surface area contributed by atoms with E-state index in [1.165, 1.54) is 18.2 Å². The number of carboxylic acid groups (broad SMARTS) is 1. The second-order valence-corrected chi connectivity index (χ2v) is 14.6. The molecule has 2 saturated heterocycles. The normalized spacial score (nSPS) is 21.1. The van der Waals surface area contributed by atoms with Gasteiger partial charge in [-0.25, -0.2) is 9.59 Å². The number of hydrogen-bond acceptors (Lipinski definition) is 8. The summed E-state index contributed by atoms with van der Waals surface area (Å²) in [4.78, 5) is 79.1. The van der Waals surface area contributed by atoms with Crippen molar-refractivity contribution >= 4 is 43.8 Å². The third-order valence-corrected chi connectivity index (χ3v) is 11.4. The molecule has 2 aromatic rings. The van der Waals surface area contributed by atoms with Gasteiger partial charge in [0.2, 0.25) is 5.43 Å². The lowest BCUT2D eigenvalue weighted by atomic mass is 9.92. The Morgan fingerprint density at radius 1 is 1.10 bits per heavy atom. The van der Waals surface area contributed by atoms with E-state index in [0.29, 0.717) is 36.3 Å². The largest absolute Gasteiger partial charge is 0.492 e. The van der Waals surface area contributed by atoms with Gasteiger partial charge in [-0.15, -0.1) is 0 Å². The van der Waals surface area contributed by atoms with Crippen LogP contribution in [0, 0.1) is 5.92 Å². The molecule has 5 N–H and O–H groups in total. The Kier molecular flexibility index (Phi) is 7.97. The zero-order valence-corrected chi connectivity index (χ0v) is 24.7. The molecule has 3 fully saturated rings. The smallest absolute Gasteiger partial charge is 0.411 e. The molecule has 2 aliphatic heterocycles. The lowest BCUT2D eigenvalue weighted by Gasteiger charge is -2.36. The maximum Gasteiger partial charge on any atom is 0.411 e. The first-order valence-corrected chi connectivity index (χ1v) is 16.9. The minimum absolute atomic E-state index is 0.0165. The average Bonchev–Trinajstić information content (AvgIpc) is 3.66. The van der Waals surface area contributed by atoms with Gasteiger partial charge in [0.15, 0.2) is 5.75 Å². The highest BCUT2D eigenvalue weighted by Crippen LogP contribution is 2.60. The number of aromatic carboxylic acids is 1. The Morgan fingerprint density at radius 3 is 2.31 bits per heavy atom. The van der Waals surface area contributed by atoms with Crippen LogP contribution in [0.2, 0.25) is 0 Å². The third kappa shape index (κ3) is 5.45. The van der Waals surface area contributed by atoms with Gasteiger partial charge in [0.1, 0.15) is 5.56 Å². The van der Waals surface area contributed by atoms with E-state index in [2.05, 4.69) is 0 Å². The van der Waals surface area contributed by atoms with Gasteiger partial charge in [0.05, 0.1) is 29.7 Å². The number of carbonyl (C=O) groups excluding carboxylic acids is 1. The van der Waals surface area contributed by atoms with Crippen molar-refractivity contribution in [2.45, 2.75) is 56.7 Å². The number of piperidine rings is 1. The predicted octanol–water partition coefficient (Wildman–Crippen LogP) is 2.28. The van der Waals surface area contributed by atoms with E-state index in [-0.39, 0.29) is 36.0 Å². The number of ether oxygens (including phenoxy) is 2. The fraction of sp³-hybridized carbons (Fsp3) is 0.560. The molecule has 3 heterocycles. The summed E-state index contributed by atoms with van der Waals surface area (Å²) in [6.45, 7) is 2.77. The Labute approximate surface area is 239 Å². The topological polar surface area (TPSA) is 216 Å². The number of likely N-dealkylation sites (tertiary alicyclic amines) is 1. The van der Waals surface area contributed by atoms with Crippen molar-refractivity contribution in [3.05, 3.63) is 33.6 Å². The van der Waals surface area contributed by atoms with Gasteiger partial charge in [-0.3, -0.25) is 13.9 Å². The summed E-state index contributed by atoms with van der Waals surface area (Å²) >= 11 is 0. The first-order chi connectivity index (χ1) is 19.7. The Hall–Kier alpha value is -2.93. The number of anilines is 1. The monoisotopic (exact) mass is 629 g/mol. The molecule has 1 aromatic heterocycles. The predicted molar refractivity (Wildman–Crippen MR) is 149 cm³/mol. The maximum absolute atomic E-state index is 13.3. The number of fused-ring (bicyclic) bond motifs is 2. The fourth-order valence-electron chi connectivity index (χ4n) is 6.21. The van der Waals surface area contributed by atoms with Crippen LogP contribution in [0.1, 0.15) is 54.6 Å². The molecule has 1 unspecified atom stereocenters. The number of carbonyl (C=O) groups is 2. The van der Waals surface area contributed by atoms with Crippen molar-refractivity contribution in [1.82, 2.24) is 9.47 Å². The van der Waals surface area contributed by atoms with E-state index >= 15 is 0 Å². The molecule has 1 saturated carbocycles. The average molecular weight is 629 g/mol. The van der Waals surface area contributed by atoms with Crippen LogP contribution >= 0.6 is 15.2 Å². The van der Waals surface area contributed by atoms with Crippen LogP contribution in [0.5, 0.6) is 5.75 Å². The van der Waals surface area contributed by atoms with Gasteiger partial charge >= 0.3 is 32.8 Å². The first kappa shape index (κ1) is 30.5. The summed E-state index contributed by atoms with van der Waals surface area (Å²) in [5, 5.41) is 9.92. The Bertz CT molecular complexity index is 1570. The second-order valence-electron chi connectivity index (χ2n) is 10.9. The molecule has 1 aromatic carbocycles. The number of nitrogens with zero attached hydrogens (tertiary/aromatic N) is 3. The molecule has 0 bridgehead atoms. The molecule has 3 aliphatic rings. The standard InChI is InChI=1S/C25H33N3O12P2/c1-3-13-9-16-20(28(15-6-7-15)11-17(21(16)29)23(30)31)22(39-2)19(13)26-10-14-5-4-8-27(18(14)12-26)24(32)40-25(41(33,34)35)42(36,37)38/h9,11,14-15,18,25H,3-8,10,12H2,1-2H3,(H,30,31)(H2,33,34,35)(H2,36,37,38)/t14?,18-/m0/s1. The van der Waals surface area contributed by atoms with Gasteiger partial charge in [-0.2, -0.15) is 0 Å². The van der Waals surface area contributed by atoms with Crippen molar-refractivity contribution in [2.75, 3.05) is 31.6 Å². The van der Waals surface area contributed by atoms with Gasteiger partial charge in [0, 0.05) is 31.9 Å². The van der Waals surface area contributed by atoms with Crippen molar-refractivity contribution in [2.24, 2.45) is 5.92 Å². The Morgan fingerprint density at radius 2 is 1.76 bits per heavy atom. The number of aromatic nitrogens is 1. The number of methoxy groups -OCH3 is 1. The molecule has 2 atom stereocenters. The van der Waals surface area contributed by atoms with Crippen LogP contribution in [-0.4, -0.2) is 84.6 Å². The molecule has 0 radical (unpaired) electrons. The molecular weight excluding hydrogens is 596 g/mol. The fourth-order valence-corrected chi connectivity index (χ4v) is 8.23. The highest BCUT2D eigenvalue weighted by molar-refractivity contribution is 7.70. The summed E-state index contributed by atoms with van der Waals surface area (Å²) in [5.74, 6) is -1.01. The molecule has 5 rings (SSSR count). The summed E-state index contributed by atoms with van der Waals surface area (Å²) in [6, 6.07) is 1.22. The van der Waals surface area contributed by atoms with Crippen LogP contribution in [0.15, 0.2) is 17.1 Å². The number of carboxylic acids is 1. The molecular formula is C25H33N3O12P2. The van der Waals surface area contributed by atoms with Crippen LogP contribution in [0.4, 0.5) is 10.5 Å². The minimum Gasteiger partial charge on any atom is -0.492 e. The van der Waals surface area contributed by atoms with Crippen LogP contribution in [-0.2, 0) is 20.3 Å². The summed E-state index contributed by atoms with van der Waals surface area (Å²) in [7, 11) is -9.49. The third-order valence-electron chi connectivity index (χ3n) is 8.19. The molecule has 1 aliphatic carbocycles. The number of benzene rings is 1. The van der Waals surface area contributed by atoms with E-state index in [1.54, 1.807) is 10.6 Å². The zero-order chi connectivity index (χ0) is 30.7. The van der Waals surface area contributed by atoms with E-state index < -0.39 is 44.3 Å². The number of aryl methyl sites for hydroxylation is 1. The van der Waals surface area contributed by atoms with E-state index in [1.807, 2.05) is 11.8 Å². The SMILES string of the molecule is CCc1cc2c(=O)c(C(=O)O)cn(C3CC3)c2c(OC)c1N1CC2CCCN(C(=O)OC(P(=O)(O)O)P(=O)(O)O)[C@H]2C1. The quantitative estimate of drug-likeness (QED) is 0.265. The number of pyridine rings is 1. The highest BCUT2D eigenvalue weighted by Gasteiger charge is 2.50. The molecule has 17 heteroatoms.